The quantitative estimate of drug-likeness (QED) is 0.570. The van der Waals surface area contributed by atoms with Gasteiger partial charge in [0.2, 0.25) is 0 Å². The third-order valence-electron chi connectivity index (χ3n) is 2.52. The van der Waals surface area contributed by atoms with E-state index in [-0.39, 0.29) is 11.4 Å². The molecule has 0 aliphatic carbocycles. The van der Waals surface area contributed by atoms with E-state index in [1.54, 1.807) is 12.1 Å². The summed E-state index contributed by atoms with van der Waals surface area (Å²) in [6.45, 7) is 0. The number of benzene rings is 2. The second kappa shape index (κ2) is 5.43. The van der Waals surface area contributed by atoms with Crippen LogP contribution in [-0.2, 0) is 0 Å². The minimum atomic E-state index is -1.04. The van der Waals surface area contributed by atoms with Gasteiger partial charge in [-0.3, -0.25) is 0 Å². The summed E-state index contributed by atoms with van der Waals surface area (Å²) in [5, 5.41) is 11.9. The fraction of sp³-hybridized carbons (Fsp3) is 0. The Morgan fingerprint density at radius 3 is 2.68 bits per heavy atom. The van der Waals surface area contributed by atoms with Gasteiger partial charge in [0.05, 0.1) is 26.2 Å². The number of nitrogen functional groups attached to an aromatic ring is 1. The smallest absolute Gasteiger partial charge is 0.335 e. The van der Waals surface area contributed by atoms with Crippen molar-refractivity contribution in [1.82, 2.24) is 0 Å². The van der Waals surface area contributed by atoms with Gasteiger partial charge in [0.25, 0.3) is 0 Å². The number of rotatable bonds is 3. The maximum absolute atomic E-state index is 13.4. The van der Waals surface area contributed by atoms with Crippen molar-refractivity contribution < 1.29 is 14.3 Å². The summed E-state index contributed by atoms with van der Waals surface area (Å²) >= 11 is 1.87. The molecule has 0 spiro atoms. The predicted octanol–water partition coefficient (Wildman–Crippen LogP) is 3.45. The van der Waals surface area contributed by atoms with Crippen LogP contribution in [0.5, 0.6) is 0 Å². The minimum Gasteiger partial charge on any atom is -0.478 e. The Balaban J connectivity index is 2.40. The molecular weight excluding hydrogens is 362 g/mol. The molecule has 0 bridgehead atoms. The lowest BCUT2D eigenvalue weighted by Crippen LogP contribution is -2.02. The summed E-state index contributed by atoms with van der Waals surface area (Å²) in [7, 11) is 0. The zero-order valence-corrected chi connectivity index (χ0v) is 11.8. The van der Waals surface area contributed by atoms with Crippen LogP contribution in [0.4, 0.5) is 21.5 Å². The third kappa shape index (κ3) is 2.95. The standard InChI is InChI=1S/C13H10FIN2O2/c14-8-2-1-3-10(12(8)15)17-11-6-7(13(18)19)4-5-9(11)16/h1-6,17H,16H2,(H,18,19). The molecule has 0 aliphatic heterocycles. The number of carboxylic acid groups (broad SMARTS) is 1. The number of nitrogens with two attached hydrogens (primary N) is 1. The number of aromatic carboxylic acids is 1. The van der Waals surface area contributed by atoms with Crippen molar-refractivity contribution in [3.05, 3.63) is 51.3 Å². The van der Waals surface area contributed by atoms with Crippen LogP contribution < -0.4 is 11.1 Å². The molecular formula is C13H10FIN2O2. The highest BCUT2D eigenvalue weighted by Crippen LogP contribution is 2.28. The molecule has 0 unspecified atom stereocenters. The molecule has 98 valence electrons. The van der Waals surface area contributed by atoms with Crippen LogP contribution in [0.25, 0.3) is 0 Å². The zero-order chi connectivity index (χ0) is 14.0. The molecule has 0 aliphatic rings. The normalized spacial score (nSPS) is 10.2. The van der Waals surface area contributed by atoms with Crippen LogP contribution in [0.2, 0.25) is 0 Å². The first-order chi connectivity index (χ1) is 8.99. The molecule has 0 aromatic heterocycles. The van der Waals surface area contributed by atoms with Crippen LogP contribution >= 0.6 is 22.6 Å². The summed E-state index contributed by atoms with van der Waals surface area (Å²) in [6.07, 6.45) is 0. The molecule has 4 N–H and O–H groups in total. The summed E-state index contributed by atoms with van der Waals surface area (Å²) in [5.74, 6) is -1.39. The Bertz CT molecular complexity index is 647. The number of hydrogen-bond acceptors (Lipinski definition) is 3. The van der Waals surface area contributed by atoms with Gasteiger partial charge in [-0.2, -0.15) is 0 Å². The minimum absolute atomic E-state index is 0.114. The molecule has 2 aromatic carbocycles. The highest BCUT2D eigenvalue weighted by atomic mass is 127. The van der Waals surface area contributed by atoms with Gasteiger partial charge in [-0.25, -0.2) is 9.18 Å². The van der Waals surface area contributed by atoms with Crippen LogP contribution in [0.1, 0.15) is 10.4 Å². The Morgan fingerprint density at radius 2 is 2.00 bits per heavy atom. The van der Waals surface area contributed by atoms with E-state index in [1.807, 2.05) is 22.6 Å². The fourth-order valence-electron chi connectivity index (χ4n) is 1.54. The van der Waals surface area contributed by atoms with Gasteiger partial charge in [-0.1, -0.05) is 6.07 Å². The van der Waals surface area contributed by atoms with Gasteiger partial charge in [0.15, 0.2) is 0 Å². The van der Waals surface area contributed by atoms with Gasteiger partial charge < -0.3 is 16.2 Å². The van der Waals surface area contributed by atoms with Crippen molar-refractivity contribution in [1.29, 1.82) is 0 Å². The number of carboxylic acids is 1. The first-order valence-corrected chi connectivity index (χ1v) is 6.41. The lowest BCUT2D eigenvalue weighted by atomic mass is 10.1. The zero-order valence-electron chi connectivity index (χ0n) is 9.65. The highest BCUT2D eigenvalue weighted by Gasteiger charge is 2.09. The Labute approximate surface area is 122 Å². The Kier molecular flexibility index (Phi) is 3.89. The van der Waals surface area contributed by atoms with Crippen molar-refractivity contribution >= 4 is 45.6 Å². The van der Waals surface area contributed by atoms with E-state index in [2.05, 4.69) is 5.32 Å². The van der Waals surface area contributed by atoms with Crippen LogP contribution in [0.3, 0.4) is 0 Å². The van der Waals surface area contributed by atoms with Crippen LogP contribution in [-0.4, -0.2) is 11.1 Å². The summed E-state index contributed by atoms with van der Waals surface area (Å²) < 4.78 is 13.8. The fourth-order valence-corrected chi connectivity index (χ4v) is 2.04. The van der Waals surface area contributed by atoms with E-state index in [4.69, 9.17) is 10.8 Å². The highest BCUT2D eigenvalue weighted by molar-refractivity contribution is 14.1. The molecule has 19 heavy (non-hydrogen) atoms. The summed E-state index contributed by atoms with van der Waals surface area (Å²) in [4.78, 5) is 10.9. The van der Waals surface area contributed by atoms with E-state index in [9.17, 15) is 9.18 Å². The van der Waals surface area contributed by atoms with Crippen molar-refractivity contribution in [3.63, 3.8) is 0 Å². The molecule has 2 rings (SSSR count). The number of anilines is 3. The molecule has 0 radical (unpaired) electrons. The van der Waals surface area contributed by atoms with Gasteiger partial charge in [-0.15, -0.1) is 0 Å². The number of halogens is 2. The van der Waals surface area contributed by atoms with E-state index in [0.29, 0.717) is 20.6 Å². The number of hydrogen-bond donors (Lipinski definition) is 3. The second-order valence-electron chi connectivity index (χ2n) is 3.83. The largest absolute Gasteiger partial charge is 0.478 e. The lowest BCUT2D eigenvalue weighted by molar-refractivity contribution is 0.0697. The molecule has 2 aromatic rings. The second-order valence-corrected chi connectivity index (χ2v) is 4.91. The van der Waals surface area contributed by atoms with Crippen molar-refractivity contribution in [2.24, 2.45) is 0 Å². The molecule has 4 nitrogen and oxygen atoms in total. The molecule has 0 heterocycles. The monoisotopic (exact) mass is 372 g/mol. The third-order valence-corrected chi connectivity index (χ3v) is 3.62. The van der Waals surface area contributed by atoms with Crippen LogP contribution in [0.15, 0.2) is 36.4 Å². The Morgan fingerprint density at radius 1 is 1.26 bits per heavy atom. The average molecular weight is 372 g/mol. The van der Waals surface area contributed by atoms with Gasteiger partial charge in [0.1, 0.15) is 5.82 Å². The first-order valence-electron chi connectivity index (χ1n) is 5.33. The maximum Gasteiger partial charge on any atom is 0.335 e. The van der Waals surface area contributed by atoms with E-state index >= 15 is 0 Å². The average Bonchev–Trinajstić information content (AvgIpc) is 2.37. The maximum atomic E-state index is 13.4. The molecule has 0 atom stereocenters. The topological polar surface area (TPSA) is 75.4 Å². The van der Waals surface area contributed by atoms with Gasteiger partial charge in [0, 0.05) is 0 Å². The first kappa shape index (κ1) is 13.6. The van der Waals surface area contributed by atoms with E-state index in [1.165, 1.54) is 24.3 Å². The SMILES string of the molecule is Nc1ccc(C(=O)O)cc1Nc1cccc(F)c1I. The summed E-state index contributed by atoms with van der Waals surface area (Å²) in [6, 6.07) is 8.94. The van der Waals surface area contributed by atoms with E-state index in [0.717, 1.165) is 0 Å². The number of carbonyl (C=O) groups is 1. The van der Waals surface area contributed by atoms with Crippen LogP contribution in [0, 0.1) is 9.39 Å². The van der Waals surface area contributed by atoms with Gasteiger partial charge in [-0.05, 0) is 52.9 Å². The molecule has 0 saturated heterocycles. The van der Waals surface area contributed by atoms with Crippen molar-refractivity contribution in [3.8, 4) is 0 Å². The molecule has 0 saturated carbocycles. The van der Waals surface area contributed by atoms with Crippen molar-refractivity contribution in [2.45, 2.75) is 0 Å². The van der Waals surface area contributed by atoms with Crippen molar-refractivity contribution in [2.75, 3.05) is 11.1 Å². The van der Waals surface area contributed by atoms with E-state index < -0.39 is 5.97 Å². The predicted molar refractivity (Wildman–Crippen MR) is 80.2 cm³/mol. The molecule has 0 fully saturated rings. The Hall–Kier alpha value is -1.83. The summed E-state index contributed by atoms with van der Waals surface area (Å²) in [5.41, 5.74) is 7.25. The number of nitrogens with one attached hydrogen (secondary N) is 1. The molecule has 6 heteroatoms. The lowest BCUT2D eigenvalue weighted by Gasteiger charge is -2.12. The van der Waals surface area contributed by atoms with Gasteiger partial charge >= 0.3 is 5.97 Å². The molecule has 0 amide bonds.